The van der Waals surface area contributed by atoms with E-state index in [0.29, 0.717) is 6.10 Å². The van der Waals surface area contributed by atoms with Gasteiger partial charge in [0.2, 0.25) is 0 Å². The maximum Gasteiger partial charge on any atom is 0.0737 e. The Hall–Kier alpha value is 0.270. The molecule has 1 saturated heterocycles. The van der Waals surface area contributed by atoms with Gasteiger partial charge in [-0.25, -0.2) is 0 Å². The molecule has 0 bridgehead atoms. The van der Waals surface area contributed by atoms with Crippen LogP contribution in [0.4, 0.5) is 0 Å². The Morgan fingerprint density at radius 3 is 2.67 bits per heavy atom. The van der Waals surface area contributed by atoms with Gasteiger partial charge in [0.15, 0.2) is 0 Å². The average Bonchev–Trinajstić information content (AvgIpc) is 2.71. The largest absolute Gasteiger partial charge is 0.389 e. The SMILES string of the molecule is OC1(CSCC2CCCO2)CCCCC1. The van der Waals surface area contributed by atoms with Gasteiger partial charge in [-0.05, 0) is 25.7 Å². The van der Waals surface area contributed by atoms with Gasteiger partial charge in [-0.2, -0.15) is 11.8 Å². The number of hydrogen-bond acceptors (Lipinski definition) is 3. The van der Waals surface area contributed by atoms with Gasteiger partial charge in [-0.3, -0.25) is 0 Å². The lowest BCUT2D eigenvalue weighted by atomic mass is 9.86. The zero-order chi connectivity index (χ0) is 10.6. The lowest BCUT2D eigenvalue weighted by Gasteiger charge is -2.31. The fourth-order valence-electron chi connectivity index (χ4n) is 2.51. The van der Waals surface area contributed by atoms with Crippen LogP contribution in [0.15, 0.2) is 0 Å². The summed E-state index contributed by atoms with van der Waals surface area (Å²) < 4.78 is 5.57. The van der Waals surface area contributed by atoms with Crippen LogP contribution in [-0.2, 0) is 4.74 Å². The maximum absolute atomic E-state index is 10.3. The van der Waals surface area contributed by atoms with Gasteiger partial charge < -0.3 is 9.84 Å². The second kappa shape index (κ2) is 5.55. The lowest BCUT2D eigenvalue weighted by molar-refractivity contribution is 0.0271. The van der Waals surface area contributed by atoms with E-state index in [0.717, 1.165) is 31.0 Å². The predicted octanol–water partition coefficient (Wildman–Crippen LogP) is 2.59. The highest BCUT2D eigenvalue weighted by atomic mass is 32.2. The minimum absolute atomic E-state index is 0.360. The minimum atomic E-state index is -0.360. The van der Waals surface area contributed by atoms with Crippen molar-refractivity contribution in [2.45, 2.75) is 56.7 Å². The number of ether oxygens (including phenoxy) is 1. The molecule has 2 rings (SSSR count). The Labute approximate surface area is 96.8 Å². The van der Waals surface area contributed by atoms with Gasteiger partial charge in [-0.15, -0.1) is 0 Å². The molecule has 2 nitrogen and oxygen atoms in total. The number of aliphatic hydroxyl groups is 1. The summed E-state index contributed by atoms with van der Waals surface area (Å²) in [5.41, 5.74) is -0.360. The third-order valence-corrected chi connectivity index (χ3v) is 4.83. The smallest absolute Gasteiger partial charge is 0.0737 e. The van der Waals surface area contributed by atoms with E-state index in [1.807, 2.05) is 11.8 Å². The van der Waals surface area contributed by atoms with Gasteiger partial charge in [0.05, 0.1) is 11.7 Å². The zero-order valence-electron chi connectivity index (χ0n) is 9.41. The fraction of sp³-hybridized carbons (Fsp3) is 1.00. The lowest BCUT2D eigenvalue weighted by Crippen LogP contribution is -2.34. The molecule has 2 aliphatic rings. The van der Waals surface area contributed by atoms with Crippen LogP contribution in [0.2, 0.25) is 0 Å². The monoisotopic (exact) mass is 230 g/mol. The third kappa shape index (κ3) is 3.65. The summed E-state index contributed by atoms with van der Waals surface area (Å²) in [5.74, 6) is 1.98. The van der Waals surface area contributed by atoms with Gasteiger partial charge in [0.25, 0.3) is 0 Å². The molecule has 15 heavy (non-hydrogen) atoms. The molecule has 1 saturated carbocycles. The molecule has 88 valence electrons. The van der Waals surface area contributed by atoms with Crippen molar-refractivity contribution in [2.24, 2.45) is 0 Å². The first kappa shape index (κ1) is 11.7. The molecule has 0 spiro atoms. The molecule has 1 aliphatic heterocycles. The zero-order valence-corrected chi connectivity index (χ0v) is 10.2. The highest BCUT2D eigenvalue weighted by Crippen LogP contribution is 2.31. The summed E-state index contributed by atoms with van der Waals surface area (Å²) in [5, 5.41) is 10.3. The maximum atomic E-state index is 10.3. The summed E-state index contributed by atoms with van der Waals surface area (Å²) in [4.78, 5) is 0. The Morgan fingerprint density at radius 1 is 1.20 bits per heavy atom. The summed E-state index contributed by atoms with van der Waals surface area (Å²) >= 11 is 1.88. The highest BCUT2D eigenvalue weighted by molar-refractivity contribution is 7.99. The second-order valence-electron chi connectivity index (χ2n) is 4.94. The Bertz CT molecular complexity index is 184. The van der Waals surface area contributed by atoms with Crippen molar-refractivity contribution in [3.63, 3.8) is 0 Å². The summed E-state index contributed by atoms with van der Waals surface area (Å²) in [6.07, 6.45) is 8.62. The van der Waals surface area contributed by atoms with Gasteiger partial charge in [-0.1, -0.05) is 19.3 Å². The van der Waals surface area contributed by atoms with Crippen molar-refractivity contribution in [3.05, 3.63) is 0 Å². The molecule has 0 aromatic carbocycles. The van der Waals surface area contributed by atoms with E-state index in [1.165, 1.54) is 32.1 Å². The van der Waals surface area contributed by atoms with Crippen LogP contribution in [0.5, 0.6) is 0 Å². The first-order chi connectivity index (χ1) is 7.29. The van der Waals surface area contributed by atoms with E-state index < -0.39 is 0 Å². The predicted molar refractivity (Wildman–Crippen MR) is 64.3 cm³/mol. The molecular weight excluding hydrogens is 208 g/mol. The molecule has 3 heteroatoms. The quantitative estimate of drug-likeness (QED) is 0.805. The molecule has 1 N–H and O–H groups in total. The summed E-state index contributed by atoms with van der Waals surface area (Å²) in [6, 6.07) is 0. The molecule has 2 fully saturated rings. The van der Waals surface area contributed by atoms with Crippen LogP contribution in [0.1, 0.15) is 44.9 Å². The Balaban J connectivity index is 1.63. The Kier molecular flexibility index (Phi) is 4.35. The van der Waals surface area contributed by atoms with Crippen molar-refractivity contribution in [3.8, 4) is 0 Å². The van der Waals surface area contributed by atoms with Crippen LogP contribution in [0.25, 0.3) is 0 Å². The first-order valence-corrected chi connectivity index (χ1v) is 7.36. The first-order valence-electron chi connectivity index (χ1n) is 6.20. The van der Waals surface area contributed by atoms with Crippen LogP contribution in [0, 0.1) is 0 Å². The van der Waals surface area contributed by atoms with Gasteiger partial charge >= 0.3 is 0 Å². The molecule has 0 radical (unpaired) electrons. The van der Waals surface area contributed by atoms with Crippen LogP contribution < -0.4 is 0 Å². The number of thioether (sulfide) groups is 1. The highest BCUT2D eigenvalue weighted by Gasteiger charge is 2.29. The standard InChI is InChI=1S/C12H22O2S/c13-12(6-2-1-3-7-12)10-15-9-11-5-4-8-14-11/h11,13H,1-10H2. The van der Waals surface area contributed by atoms with Crippen molar-refractivity contribution in [1.82, 2.24) is 0 Å². The molecule has 0 aromatic rings. The van der Waals surface area contributed by atoms with E-state index in [2.05, 4.69) is 0 Å². The Morgan fingerprint density at radius 2 is 2.00 bits per heavy atom. The third-order valence-electron chi connectivity index (χ3n) is 3.48. The van der Waals surface area contributed by atoms with Gasteiger partial charge in [0, 0.05) is 18.1 Å². The molecular formula is C12H22O2S. The van der Waals surface area contributed by atoms with E-state index in [4.69, 9.17) is 4.74 Å². The van der Waals surface area contributed by atoms with E-state index >= 15 is 0 Å². The minimum Gasteiger partial charge on any atom is -0.389 e. The topological polar surface area (TPSA) is 29.5 Å². The molecule has 1 unspecified atom stereocenters. The van der Waals surface area contributed by atoms with Crippen molar-refractivity contribution < 1.29 is 9.84 Å². The summed E-state index contributed by atoms with van der Waals surface area (Å²) in [7, 11) is 0. The van der Waals surface area contributed by atoms with E-state index in [-0.39, 0.29) is 5.60 Å². The van der Waals surface area contributed by atoms with E-state index in [9.17, 15) is 5.11 Å². The fourth-order valence-corrected chi connectivity index (χ4v) is 3.82. The number of rotatable bonds is 4. The molecule has 0 aromatic heterocycles. The molecule has 1 aliphatic carbocycles. The normalized spacial score (nSPS) is 30.6. The molecule has 1 heterocycles. The van der Waals surface area contributed by atoms with Crippen molar-refractivity contribution in [1.29, 1.82) is 0 Å². The molecule has 0 amide bonds. The van der Waals surface area contributed by atoms with Crippen LogP contribution in [-0.4, -0.2) is 34.9 Å². The van der Waals surface area contributed by atoms with E-state index in [1.54, 1.807) is 0 Å². The van der Waals surface area contributed by atoms with Gasteiger partial charge in [0.1, 0.15) is 0 Å². The average molecular weight is 230 g/mol. The van der Waals surface area contributed by atoms with Crippen molar-refractivity contribution >= 4 is 11.8 Å². The van der Waals surface area contributed by atoms with Crippen molar-refractivity contribution in [2.75, 3.05) is 18.1 Å². The second-order valence-corrected chi connectivity index (χ2v) is 5.97. The summed E-state index contributed by atoms with van der Waals surface area (Å²) in [6.45, 7) is 0.940. The number of hydrogen-bond donors (Lipinski definition) is 1. The molecule has 1 atom stereocenters. The van der Waals surface area contributed by atoms with Crippen LogP contribution >= 0.6 is 11.8 Å². The van der Waals surface area contributed by atoms with Crippen LogP contribution in [0.3, 0.4) is 0 Å².